The van der Waals surface area contributed by atoms with E-state index in [1.165, 1.54) is 0 Å². The summed E-state index contributed by atoms with van der Waals surface area (Å²) in [6.07, 6.45) is -9.82. The minimum atomic E-state index is -4.91. The molecule has 0 aliphatic heterocycles. The first-order valence-corrected chi connectivity index (χ1v) is 5.29. The molecule has 0 fully saturated rings. The van der Waals surface area contributed by atoms with Crippen LogP contribution < -0.4 is 11.1 Å². The summed E-state index contributed by atoms with van der Waals surface area (Å²) >= 11 is 0. The van der Waals surface area contributed by atoms with E-state index >= 15 is 0 Å². The Morgan fingerprint density at radius 1 is 1.00 bits per heavy atom. The third-order valence-corrected chi connectivity index (χ3v) is 2.32. The number of alkyl halides is 6. The molecule has 0 saturated heterocycles. The Bertz CT molecular complexity index is 462. The molecular weight excluding hydrogens is 290 g/mol. The van der Waals surface area contributed by atoms with Crippen LogP contribution in [0.1, 0.15) is 16.7 Å². The van der Waals surface area contributed by atoms with Gasteiger partial charge in [0.1, 0.15) is 0 Å². The summed E-state index contributed by atoms with van der Waals surface area (Å²) in [5.41, 5.74) is 1.80. The van der Waals surface area contributed by atoms with Gasteiger partial charge in [0.15, 0.2) is 0 Å². The molecule has 1 amide bonds. The van der Waals surface area contributed by atoms with Crippen molar-refractivity contribution >= 4 is 5.91 Å². The molecule has 112 valence electrons. The molecule has 3 nitrogen and oxygen atoms in total. The maximum Gasteiger partial charge on any atom is 0.416 e. The lowest BCUT2D eigenvalue weighted by Crippen LogP contribution is -2.29. The molecule has 1 aromatic carbocycles. The lowest BCUT2D eigenvalue weighted by atomic mass is 10.0. The van der Waals surface area contributed by atoms with Gasteiger partial charge in [0.05, 0.1) is 17.7 Å². The summed E-state index contributed by atoms with van der Waals surface area (Å²) in [5.74, 6) is -0.684. The molecule has 3 N–H and O–H groups in total. The fourth-order valence-corrected chi connectivity index (χ4v) is 1.39. The molecule has 0 saturated carbocycles. The summed E-state index contributed by atoms with van der Waals surface area (Å²) in [4.78, 5) is 10.9. The van der Waals surface area contributed by atoms with Crippen molar-refractivity contribution in [2.75, 3.05) is 6.54 Å². The van der Waals surface area contributed by atoms with Crippen LogP contribution in [-0.4, -0.2) is 12.5 Å². The Kier molecular flexibility index (Phi) is 4.64. The summed E-state index contributed by atoms with van der Waals surface area (Å²) in [7, 11) is 0. The highest BCUT2D eigenvalue weighted by molar-refractivity contribution is 5.77. The van der Waals surface area contributed by atoms with Crippen molar-refractivity contribution < 1.29 is 31.1 Å². The number of amides is 1. The van der Waals surface area contributed by atoms with Crippen LogP contribution in [0.2, 0.25) is 0 Å². The average molecular weight is 300 g/mol. The second kappa shape index (κ2) is 5.70. The smallest absolute Gasteiger partial charge is 0.351 e. The molecule has 0 spiro atoms. The Morgan fingerprint density at radius 2 is 1.45 bits per heavy atom. The fourth-order valence-electron chi connectivity index (χ4n) is 1.39. The number of nitrogens with one attached hydrogen (secondary N) is 1. The fraction of sp³-hybridized carbons (Fsp3) is 0.364. The van der Waals surface area contributed by atoms with Gasteiger partial charge in [-0.15, -0.1) is 0 Å². The van der Waals surface area contributed by atoms with Crippen molar-refractivity contribution in [2.45, 2.75) is 18.9 Å². The molecule has 0 aromatic heterocycles. The van der Waals surface area contributed by atoms with Gasteiger partial charge < -0.3 is 11.1 Å². The maximum atomic E-state index is 12.5. The zero-order valence-corrected chi connectivity index (χ0v) is 9.90. The Morgan fingerprint density at radius 3 is 1.80 bits per heavy atom. The number of rotatable bonds is 3. The quantitative estimate of drug-likeness (QED) is 0.842. The van der Waals surface area contributed by atoms with Crippen molar-refractivity contribution in [2.24, 2.45) is 5.73 Å². The van der Waals surface area contributed by atoms with Crippen molar-refractivity contribution in [1.82, 2.24) is 5.32 Å². The molecule has 0 heterocycles. The number of hydrogen-bond acceptors (Lipinski definition) is 2. The third-order valence-electron chi connectivity index (χ3n) is 2.32. The van der Waals surface area contributed by atoms with Crippen LogP contribution in [0.5, 0.6) is 0 Å². The van der Waals surface area contributed by atoms with Crippen LogP contribution in [0.15, 0.2) is 18.2 Å². The van der Waals surface area contributed by atoms with E-state index in [9.17, 15) is 31.1 Å². The molecule has 1 rings (SSSR count). The normalized spacial score (nSPS) is 12.3. The van der Waals surface area contributed by atoms with E-state index in [4.69, 9.17) is 5.73 Å². The predicted octanol–water partition coefficient (Wildman–Crippen LogP) is 2.30. The Balaban J connectivity index is 3.14. The first-order valence-electron chi connectivity index (χ1n) is 5.29. The highest BCUT2D eigenvalue weighted by Gasteiger charge is 2.36. The lowest BCUT2D eigenvalue weighted by molar-refractivity contribution is -0.143. The Hall–Kier alpha value is -1.77. The molecule has 0 unspecified atom stereocenters. The highest BCUT2D eigenvalue weighted by Crippen LogP contribution is 2.36. The average Bonchev–Trinajstić information content (AvgIpc) is 2.33. The van der Waals surface area contributed by atoms with Crippen molar-refractivity contribution in [1.29, 1.82) is 0 Å². The SMILES string of the molecule is NCC(=O)NCc1cc(C(F)(F)F)cc(C(F)(F)F)c1. The number of hydrogen-bond donors (Lipinski definition) is 2. The van der Waals surface area contributed by atoms with E-state index in [2.05, 4.69) is 5.32 Å². The third kappa shape index (κ3) is 4.41. The summed E-state index contributed by atoms with van der Waals surface area (Å²) < 4.78 is 75.2. The second-order valence-electron chi connectivity index (χ2n) is 3.89. The molecule has 0 bridgehead atoms. The van der Waals surface area contributed by atoms with Gasteiger partial charge in [-0.1, -0.05) is 0 Å². The van der Waals surface area contributed by atoms with Gasteiger partial charge in [0.25, 0.3) is 0 Å². The molecule has 9 heteroatoms. The van der Waals surface area contributed by atoms with Crippen LogP contribution in [0.3, 0.4) is 0 Å². The molecule has 0 aliphatic carbocycles. The van der Waals surface area contributed by atoms with Gasteiger partial charge in [0, 0.05) is 6.54 Å². The number of halogens is 6. The zero-order chi connectivity index (χ0) is 15.6. The predicted molar refractivity (Wildman–Crippen MR) is 57.3 cm³/mol. The zero-order valence-electron chi connectivity index (χ0n) is 9.90. The van der Waals surface area contributed by atoms with E-state index in [1.807, 2.05) is 0 Å². The molecule has 0 aliphatic rings. The molecule has 20 heavy (non-hydrogen) atoms. The van der Waals surface area contributed by atoms with E-state index in [-0.39, 0.29) is 11.6 Å². The number of carbonyl (C=O) groups excluding carboxylic acids is 1. The minimum Gasteiger partial charge on any atom is -0.351 e. The molecular formula is C11H10F6N2O. The highest BCUT2D eigenvalue weighted by atomic mass is 19.4. The summed E-state index contributed by atoms with van der Waals surface area (Å²) in [6.45, 7) is -0.881. The van der Waals surface area contributed by atoms with E-state index in [0.717, 1.165) is 0 Å². The largest absolute Gasteiger partial charge is 0.416 e. The van der Waals surface area contributed by atoms with Crippen LogP contribution in [-0.2, 0) is 23.7 Å². The standard InChI is InChI=1S/C11H10F6N2O/c12-10(13,14)7-1-6(5-19-9(20)4-18)2-8(3-7)11(15,16)17/h1-3H,4-5,18H2,(H,19,20). The first kappa shape index (κ1) is 16.3. The first-order chi connectivity index (χ1) is 9.04. The molecule has 0 radical (unpaired) electrons. The van der Waals surface area contributed by atoms with Gasteiger partial charge in [-0.25, -0.2) is 0 Å². The second-order valence-corrected chi connectivity index (χ2v) is 3.89. The number of carbonyl (C=O) groups is 1. The van der Waals surface area contributed by atoms with Gasteiger partial charge in [-0.2, -0.15) is 26.3 Å². The molecule has 1 aromatic rings. The van der Waals surface area contributed by atoms with Crippen LogP contribution in [0.25, 0.3) is 0 Å². The summed E-state index contributed by atoms with van der Waals surface area (Å²) in [6, 6.07) is 1.12. The summed E-state index contributed by atoms with van der Waals surface area (Å²) in [5, 5.41) is 2.11. The van der Waals surface area contributed by atoms with Gasteiger partial charge in [-0.05, 0) is 23.8 Å². The van der Waals surface area contributed by atoms with Gasteiger partial charge in [0.2, 0.25) is 5.91 Å². The van der Waals surface area contributed by atoms with E-state index in [1.54, 1.807) is 0 Å². The van der Waals surface area contributed by atoms with Gasteiger partial charge >= 0.3 is 12.4 Å². The van der Waals surface area contributed by atoms with Gasteiger partial charge in [-0.3, -0.25) is 4.79 Å². The lowest BCUT2D eigenvalue weighted by Gasteiger charge is -2.14. The van der Waals surface area contributed by atoms with Crippen molar-refractivity contribution in [3.8, 4) is 0 Å². The van der Waals surface area contributed by atoms with E-state index < -0.39 is 42.5 Å². The van der Waals surface area contributed by atoms with Crippen molar-refractivity contribution in [3.63, 3.8) is 0 Å². The number of nitrogens with two attached hydrogens (primary N) is 1. The van der Waals surface area contributed by atoms with Crippen LogP contribution >= 0.6 is 0 Å². The number of benzene rings is 1. The van der Waals surface area contributed by atoms with Crippen molar-refractivity contribution in [3.05, 3.63) is 34.9 Å². The van der Waals surface area contributed by atoms with E-state index in [0.29, 0.717) is 12.1 Å². The molecule has 0 atom stereocenters. The monoisotopic (exact) mass is 300 g/mol. The Labute approximate surface area is 109 Å². The van der Waals surface area contributed by atoms with Crippen LogP contribution in [0, 0.1) is 0 Å². The topological polar surface area (TPSA) is 55.1 Å². The minimum absolute atomic E-state index is 0.0221. The van der Waals surface area contributed by atoms with Crippen LogP contribution in [0.4, 0.5) is 26.3 Å². The maximum absolute atomic E-state index is 12.5.